The highest BCUT2D eigenvalue weighted by atomic mass is 32.2. The molecule has 2 aliphatic rings. The van der Waals surface area contributed by atoms with Gasteiger partial charge in [-0.1, -0.05) is 18.9 Å². The summed E-state index contributed by atoms with van der Waals surface area (Å²) in [4.78, 5) is 31.1. The average Bonchev–Trinajstić information content (AvgIpc) is 3.34. The van der Waals surface area contributed by atoms with Crippen molar-refractivity contribution in [2.45, 2.75) is 48.8 Å². The van der Waals surface area contributed by atoms with Crippen LogP contribution >= 0.6 is 11.8 Å². The third-order valence-corrected chi connectivity index (χ3v) is 6.44. The molecule has 27 heavy (non-hydrogen) atoms. The molecule has 1 saturated carbocycles. The zero-order valence-corrected chi connectivity index (χ0v) is 16.0. The van der Waals surface area contributed by atoms with E-state index in [4.69, 9.17) is 0 Å². The van der Waals surface area contributed by atoms with Gasteiger partial charge in [0.15, 0.2) is 0 Å². The van der Waals surface area contributed by atoms with E-state index in [9.17, 15) is 9.59 Å². The molecular weight excluding hydrogens is 358 g/mol. The standard InChI is InChI=1S/C21H23N3O2S/c25-19-11-5-13-24(19)16-7-3-6-15(14-16)23-20(26)18-10-4-12-22-21(18)27-17-8-1-2-9-17/h3-4,6-7,10,12,14,17H,1-2,5,8-9,11,13H2,(H,23,26). The molecule has 1 aliphatic heterocycles. The SMILES string of the molecule is O=C(Nc1cccc(N2CCCC2=O)c1)c1cccnc1SC1CCCC1. The average molecular weight is 382 g/mol. The van der Waals surface area contributed by atoms with E-state index in [2.05, 4.69) is 10.3 Å². The van der Waals surface area contributed by atoms with Crippen molar-refractivity contribution < 1.29 is 9.59 Å². The second-order valence-electron chi connectivity index (χ2n) is 7.03. The molecule has 0 bridgehead atoms. The molecule has 4 rings (SSSR count). The Balaban J connectivity index is 1.50. The first-order valence-electron chi connectivity index (χ1n) is 9.54. The quantitative estimate of drug-likeness (QED) is 0.829. The van der Waals surface area contributed by atoms with Crippen molar-refractivity contribution in [1.29, 1.82) is 0 Å². The predicted octanol–water partition coefficient (Wildman–Crippen LogP) is 4.50. The Morgan fingerprint density at radius 3 is 2.78 bits per heavy atom. The van der Waals surface area contributed by atoms with Crippen LogP contribution in [0, 0.1) is 0 Å². The first-order valence-corrected chi connectivity index (χ1v) is 10.4. The Hall–Kier alpha value is -2.34. The molecule has 2 amide bonds. The number of carbonyl (C=O) groups is 2. The van der Waals surface area contributed by atoms with Gasteiger partial charge in [-0.3, -0.25) is 9.59 Å². The molecule has 5 nitrogen and oxygen atoms in total. The van der Waals surface area contributed by atoms with Gasteiger partial charge in [-0.2, -0.15) is 0 Å². The minimum atomic E-state index is -0.159. The number of pyridine rings is 1. The molecule has 1 saturated heterocycles. The molecule has 2 heterocycles. The van der Waals surface area contributed by atoms with Gasteiger partial charge in [0.25, 0.3) is 5.91 Å². The first-order chi connectivity index (χ1) is 13.2. The maximum atomic E-state index is 12.9. The van der Waals surface area contributed by atoms with Crippen molar-refractivity contribution in [3.05, 3.63) is 48.2 Å². The molecule has 2 fully saturated rings. The summed E-state index contributed by atoms with van der Waals surface area (Å²) in [6.07, 6.45) is 8.11. The molecule has 0 spiro atoms. The number of carbonyl (C=O) groups excluding carboxylic acids is 2. The maximum absolute atomic E-state index is 12.9. The molecule has 0 unspecified atom stereocenters. The topological polar surface area (TPSA) is 62.3 Å². The number of benzene rings is 1. The molecule has 0 radical (unpaired) electrons. The number of nitrogens with one attached hydrogen (secondary N) is 1. The lowest BCUT2D eigenvalue weighted by molar-refractivity contribution is -0.117. The Labute approximate surface area is 163 Å². The Morgan fingerprint density at radius 1 is 1.15 bits per heavy atom. The molecular formula is C21H23N3O2S. The van der Waals surface area contributed by atoms with Gasteiger partial charge in [0, 0.05) is 35.8 Å². The van der Waals surface area contributed by atoms with Crippen LogP contribution in [0.3, 0.4) is 0 Å². The second-order valence-corrected chi connectivity index (χ2v) is 8.32. The molecule has 1 aromatic heterocycles. The fourth-order valence-corrected chi connectivity index (χ4v) is 4.99. The summed E-state index contributed by atoms with van der Waals surface area (Å²) in [6.45, 7) is 0.737. The number of thioether (sulfide) groups is 1. The molecule has 1 aromatic carbocycles. The van der Waals surface area contributed by atoms with Gasteiger partial charge in [-0.15, -0.1) is 11.8 Å². The lowest BCUT2D eigenvalue weighted by atomic mass is 10.2. The van der Waals surface area contributed by atoms with E-state index in [1.807, 2.05) is 30.3 Å². The van der Waals surface area contributed by atoms with Crippen LogP contribution in [-0.2, 0) is 4.79 Å². The van der Waals surface area contributed by atoms with Crippen LogP contribution in [0.2, 0.25) is 0 Å². The molecule has 140 valence electrons. The highest BCUT2D eigenvalue weighted by molar-refractivity contribution is 7.99. The van der Waals surface area contributed by atoms with Crippen LogP contribution in [-0.4, -0.2) is 28.6 Å². The molecule has 2 aromatic rings. The summed E-state index contributed by atoms with van der Waals surface area (Å²) in [7, 11) is 0. The summed E-state index contributed by atoms with van der Waals surface area (Å²) >= 11 is 1.72. The third-order valence-electron chi connectivity index (χ3n) is 5.09. The zero-order valence-electron chi connectivity index (χ0n) is 15.2. The summed E-state index contributed by atoms with van der Waals surface area (Å²) in [5.41, 5.74) is 2.14. The molecule has 6 heteroatoms. The maximum Gasteiger partial charge on any atom is 0.258 e. The minimum absolute atomic E-state index is 0.140. The van der Waals surface area contributed by atoms with Crippen LogP contribution in [0.5, 0.6) is 0 Å². The fraction of sp³-hybridized carbons (Fsp3) is 0.381. The number of aromatic nitrogens is 1. The van der Waals surface area contributed by atoms with Crippen molar-refractivity contribution in [3.8, 4) is 0 Å². The van der Waals surface area contributed by atoms with Crippen LogP contribution in [0.1, 0.15) is 48.9 Å². The first kappa shape index (κ1) is 18.0. The number of amides is 2. The number of hydrogen-bond acceptors (Lipinski definition) is 4. The normalized spacial score (nSPS) is 17.5. The largest absolute Gasteiger partial charge is 0.322 e. The van der Waals surface area contributed by atoms with Gasteiger partial charge in [0.05, 0.1) is 5.56 Å². The predicted molar refractivity (Wildman–Crippen MR) is 108 cm³/mol. The van der Waals surface area contributed by atoms with Crippen molar-refractivity contribution in [2.75, 3.05) is 16.8 Å². The van der Waals surface area contributed by atoms with E-state index in [1.165, 1.54) is 25.7 Å². The van der Waals surface area contributed by atoms with E-state index < -0.39 is 0 Å². The second kappa shape index (κ2) is 8.13. The number of anilines is 2. The number of rotatable bonds is 5. The van der Waals surface area contributed by atoms with Crippen LogP contribution in [0.15, 0.2) is 47.6 Å². The van der Waals surface area contributed by atoms with E-state index in [0.717, 1.165) is 23.7 Å². The highest BCUT2D eigenvalue weighted by Crippen LogP contribution is 2.35. The van der Waals surface area contributed by atoms with Gasteiger partial charge in [-0.05, 0) is 49.6 Å². The van der Waals surface area contributed by atoms with Gasteiger partial charge in [0.2, 0.25) is 5.91 Å². The molecule has 1 aliphatic carbocycles. The van der Waals surface area contributed by atoms with Crippen molar-refractivity contribution in [1.82, 2.24) is 4.98 Å². The van der Waals surface area contributed by atoms with Gasteiger partial charge >= 0.3 is 0 Å². The summed E-state index contributed by atoms with van der Waals surface area (Å²) in [5.74, 6) is -0.0190. The van der Waals surface area contributed by atoms with Gasteiger partial charge in [0.1, 0.15) is 5.03 Å². The van der Waals surface area contributed by atoms with Gasteiger partial charge in [-0.25, -0.2) is 4.98 Å². The van der Waals surface area contributed by atoms with Crippen LogP contribution in [0.25, 0.3) is 0 Å². The van der Waals surface area contributed by atoms with Crippen molar-refractivity contribution >= 4 is 35.0 Å². The van der Waals surface area contributed by atoms with E-state index >= 15 is 0 Å². The minimum Gasteiger partial charge on any atom is -0.322 e. The van der Waals surface area contributed by atoms with E-state index in [-0.39, 0.29) is 11.8 Å². The molecule has 1 N–H and O–H groups in total. The van der Waals surface area contributed by atoms with Crippen LogP contribution in [0.4, 0.5) is 11.4 Å². The van der Waals surface area contributed by atoms with Gasteiger partial charge < -0.3 is 10.2 Å². The van der Waals surface area contributed by atoms with E-state index in [0.29, 0.717) is 22.9 Å². The smallest absolute Gasteiger partial charge is 0.258 e. The Kier molecular flexibility index (Phi) is 5.43. The van der Waals surface area contributed by atoms with Crippen LogP contribution < -0.4 is 10.2 Å². The summed E-state index contributed by atoms with van der Waals surface area (Å²) in [6, 6.07) is 11.1. The lowest BCUT2D eigenvalue weighted by Gasteiger charge is -2.17. The summed E-state index contributed by atoms with van der Waals surface area (Å²) < 4.78 is 0. The number of hydrogen-bond donors (Lipinski definition) is 1. The zero-order chi connectivity index (χ0) is 18.6. The molecule has 0 atom stereocenters. The summed E-state index contributed by atoms with van der Waals surface area (Å²) in [5, 5.41) is 4.32. The third kappa shape index (κ3) is 4.16. The lowest BCUT2D eigenvalue weighted by Crippen LogP contribution is -2.23. The van der Waals surface area contributed by atoms with Crippen molar-refractivity contribution in [3.63, 3.8) is 0 Å². The highest BCUT2D eigenvalue weighted by Gasteiger charge is 2.23. The monoisotopic (exact) mass is 381 g/mol. The Morgan fingerprint density at radius 2 is 2.00 bits per heavy atom. The Bertz CT molecular complexity index is 849. The van der Waals surface area contributed by atoms with E-state index in [1.54, 1.807) is 28.9 Å². The fourth-order valence-electron chi connectivity index (χ4n) is 3.69. The number of nitrogens with zero attached hydrogens (tertiary/aromatic N) is 2. The van der Waals surface area contributed by atoms with Crippen molar-refractivity contribution in [2.24, 2.45) is 0 Å².